The van der Waals surface area contributed by atoms with Crippen molar-refractivity contribution < 1.29 is 13.9 Å². The first-order valence-electron chi connectivity index (χ1n) is 6.09. The van der Waals surface area contributed by atoms with Crippen molar-refractivity contribution in [1.29, 1.82) is 0 Å². The first-order valence-corrected chi connectivity index (χ1v) is 7.55. The molecule has 2 rings (SSSR count). The third-order valence-electron chi connectivity index (χ3n) is 2.72. The number of rotatable bonds is 4. The maximum Gasteiger partial charge on any atom is 0.262 e. The lowest BCUT2D eigenvalue weighted by Gasteiger charge is -2.10. The summed E-state index contributed by atoms with van der Waals surface area (Å²) in [6, 6.07) is 9.45. The normalized spacial score (nSPS) is 10.3. The fourth-order valence-corrected chi connectivity index (χ4v) is 2.56. The third-order valence-corrected chi connectivity index (χ3v) is 3.68. The number of ether oxygens (including phenoxy) is 1. The van der Waals surface area contributed by atoms with Crippen LogP contribution in [0.5, 0.6) is 5.75 Å². The summed E-state index contributed by atoms with van der Waals surface area (Å²) in [6.07, 6.45) is 0. The molecule has 0 aliphatic carbocycles. The Morgan fingerprint density at radius 3 is 2.76 bits per heavy atom. The number of hydrogen-bond acceptors (Lipinski definition) is 2. The van der Waals surface area contributed by atoms with Crippen LogP contribution >= 0.6 is 34.2 Å². The zero-order chi connectivity index (χ0) is 15.4. The predicted molar refractivity (Wildman–Crippen MR) is 89.4 cm³/mol. The lowest BCUT2D eigenvalue weighted by atomic mass is 10.2. The van der Waals surface area contributed by atoms with Crippen LogP contribution in [0.15, 0.2) is 36.4 Å². The molecule has 0 heterocycles. The summed E-state index contributed by atoms with van der Waals surface area (Å²) in [5.74, 6) is -0.487. The molecule has 0 unspecified atom stereocenters. The van der Waals surface area contributed by atoms with E-state index < -0.39 is 5.82 Å². The minimum Gasteiger partial charge on any atom is -0.482 e. The van der Waals surface area contributed by atoms with Crippen molar-refractivity contribution in [2.45, 2.75) is 6.92 Å². The molecule has 6 heteroatoms. The molecule has 0 bridgehead atoms. The van der Waals surface area contributed by atoms with Gasteiger partial charge in [0.25, 0.3) is 5.91 Å². The molecule has 0 aliphatic rings. The molecule has 0 spiro atoms. The van der Waals surface area contributed by atoms with E-state index in [1.54, 1.807) is 0 Å². The predicted octanol–water partition coefficient (Wildman–Crippen LogP) is 4.41. The Morgan fingerprint density at radius 1 is 1.33 bits per heavy atom. The maximum absolute atomic E-state index is 12.9. The molecule has 0 saturated carbocycles. The first-order chi connectivity index (χ1) is 9.95. The van der Waals surface area contributed by atoms with Gasteiger partial charge in [-0.05, 0) is 71.5 Å². The standard InChI is InChI=1S/C15H12ClFINO2/c1-9-6-11(18)3-4-13(9)19-15(20)8-21-14-5-2-10(17)7-12(14)16/h2-7H,8H2,1H3,(H,19,20). The van der Waals surface area contributed by atoms with E-state index in [1.807, 2.05) is 25.1 Å². The van der Waals surface area contributed by atoms with Gasteiger partial charge in [0.1, 0.15) is 11.6 Å². The van der Waals surface area contributed by atoms with Gasteiger partial charge in [-0.25, -0.2) is 4.39 Å². The van der Waals surface area contributed by atoms with Crippen molar-refractivity contribution in [3.05, 3.63) is 56.4 Å². The van der Waals surface area contributed by atoms with Crippen molar-refractivity contribution in [2.24, 2.45) is 0 Å². The summed E-state index contributed by atoms with van der Waals surface area (Å²) >= 11 is 8.02. The number of nitrogens with one attached hydrogen (secondary N) is 1. The molecular formula is C15H12ClFINO2. The zero-order valence-electron chi connectivity index (χ0n) is 11.1. The van der Waals surface area contributed by atoms with E-state index in [1.165, 1.54) is 12.1 Å². The van der Waals surface area contributed by atoms with E-state index >= 15 is 0 Å². The number of halogens is 3. The Hall–Kier alpha value is -1.34. The van der Waals surface area contributed by atoms with Gasteiger partial charge >= 0.3 is 0 Å². The fraction of sp³-hybridized carbons (Fsp3) is 0.133. The van der Waals surface area contributed by atoms with Crippen LogP contribution in [-0.4, -0.2) is 12.5 Å². The monoisotopic (exact) mass is 419 g/mol. The lowest BCUT2D eigenvalue weighted by Crippen LogP contribution is -2.20. The molecule has 0 fully saturated rings. The molecular weight excluding hydrogens is 408 g/mol. The van der Waals surface area contributed by atoms with Gasteiger partial charge in [0, 0.05) is 9.26 Å². The molecule has 0 aliphatic heterocycles. The highest BCUT2D eigenvalue weighted by atomic mass is 127. The molecule has 0 saturated heterocycles. The summed E-state index contributed by atoms with van der Waals surface area (Å²) < 4.78 is 19.3. The number of amides is 1. The highest BCUT2D eigenvalue weighted by Gasteiger charge is 2.08. The van der Waals surface area contributed by atoms with Crippen LogP contribution in [0.1, 0.15) is 5.56 Å². The molecule has 0 radical (unpaired) electrons. The number of hydrogen-bond donors (Lipinski definition) is 1. The minimum absolute atomic E-state index is 0.133. The van der Waals surface area contributed by atoms with Crippen LogP contribution in [0.25, 0.3) is 0 Å². The number of aryl methyl sites for hydroxylation is 1. The van der Waals surface area contributed by atoms with Gasteiger partial charge < -0.3 is 10.1 Å². The van der Waals surface area contributed by atoms with Crippen LogP contribution in [-0.2, 0) is 4.79 Å². The SMILES string of the molecule is Cc1cc(I)ccc1NC(=O)COc1ccc(F)cc1Cl. The van der Waals surface area contributed by atoms with Crippen molar-refractivity contribution in [2.75, 3.05) is 11.9 Å². The van der Waals surface area contributed by atoms with Crippen LogP contribution in [0.3, 0.4) is 0 Å². The maximum atomic E-state index is 12.9. The number of carbonyl (C=O) groups is 1. The van der Waals surface area contributed by atoms with Gasteiger partial charge in [-0.2, -0.15) is 0 Å². The Bertz CT molecular complexity index is 679. The Morgan fingerprint density at radius 2 is 2.10 bits per heavy atom. The second kappa shape index (κ2) is 7.09. The molecule has 0 atom stereocenters. The molecule has 2 aromatic rings. The molecule has 0 aromatic heterocycles. The Balaban J connectivity index is 1.96. The summed E-state index contributed by atoms with van der Waals surface area (Å²) in [5.41, 5.74) is 1.70. The second-order valence-electron chi connectivity index (χ2n) is 4.37. The van der Waals surface area contributed by atoms with Crippen LogP contribution in [0, 0.1) is 16.3 Å². The van der Waals surface area contributed by atoms with Crippen LogP contribution in [0.2, 0.25) is 5.02 Å². The van der Waals surface area contributed by atoms with Crippen molar-refractivity contribution >= 4 is 45.8 Å². The van der Waals surface area contributed by atoms with Crippen LogP contribution in [0.4, 0.5) is 10.1 Å². The molecule has 1 N–H and O–H groups in total. The van der Waals surface area contributed by atoms with Crippen LogP contribution < -0.4 is 10.1 Å². The largest absolute Gasteiger partial charge is 0.482 e. The van der Waals surface area contributed by atoms with E-state index in [-0.39, 0.29) is 23.3 Å². The smallest absolute Gasteiger partial charge is 0.262 e. The molecule has 3 nitrogen and oxygen atoms in total. The van der Waals surface area contributed by atoms with Gasteiger partial charge in [-0.1, -0.05) is 11.6 Å². The Kier molecular flexibility index (Phi) is 5.41. The summed E-state index contributed by atoms with van der Waals surface area (Å²) in [6.45, 7) is 1.71. The van der Waals surface area contributed by atoms with E-state index in [9.17, 15) is 9.18 Å². The molecule has 1 amide bonds. The van der Waals surface area contributed by atoms with Gasteiger partial charge in [-0.3, -0.25) is 4.79 Å². The summed E-state index contributed by atoms with van der Waals surface area (Å²) in [4.78, 5) is 11.8. The van der Waals surface area contributed by atoms with E-state index in [0.29, 0.717) is 0 Å². The topological polar surface area (TPSA) is 38.3 Å². The number of carbonyl (C=O) groups excluding carboxylic acids is 1. The average Bonchev–Trinajstić information content (AvgIpc) is 2.41. The van der Waals surface area contributed by atoms with E-state index in [0.717, 1.165) is 20.9 Å². The minimum atomic E-state index is -0.452. The summed E-state index contributed by atoms with van der Waals surface area (Å²) in [7, 11) is 0. The number of anilines is 1. The third kappa shape index (κ3) is 4.57. The highest BCUT2D eigenvalue weighted by Crippen LogP contribution is 2.25. The van der Waals surface area contributed by atoms with Gasteiger partial charge in [0.15, 0.2) is 6.61 Å². The van der Waals surface area contributed by atoms with Crippen molar-refractivity contribution in [3.63, 3.8) is 0 Å². The van der Waals surface area contributed by atoms with Gasteiger partial charge in [0.05, 0.1) is 5.02 Å². The quantitative estimate of drug-likeness (QED) is 0.746. The van der Waals surface area contributed by atoms with Crippen molar-refractivity contribution in [3.8, 4) is 5.75 Å². The highest BCUT2D eigenvalue weighted by molar-refractivity contribution is 14.1. The first kappa shape index (κ1) is 16.0. The average molecular weight is 420 g/mol. The fourth-order valence-electron chi connectivity index (χ4n) is 1.69. The van der Waals surface area contributed by atoms with E-state index in [4.69, 9.17) is 16.3 Å². The lowest BCUT2D eigenvalue weighted by molar-refractivity contribution is -0.118. The number of benzene rings is 2. The zero-order valence-corrected chi connectivity index (χ0v) is 14.0. The van der Waals surface area contributed by atoms with E-state index in [2.05, 4.69) is 27.9 Å². The molecule has 2 aromatic carbocycles. The molecule has 110 valence electrons. The summed E-state index contributed by atoms with van der Waals surface area (Å²) in [5, 5.41) is 2.89. The second-order valence-corrected chi connectivity index (χ2v) is 6.02. The van der Waals surface area contributed by atoms with Gasteiger partial charge in [-0.15, -0.1) is 0 Å². The Labute approximate surface area is 140 Å². The molecule has 21 heavy (non-hydrogen) atoms. The van der Waals surface area contributed by atoms with Crippen molar-refractivity contribution in [1.82, 2.24) is 0 Å². The van der Waals surface area contributed by atoms with Gasteiger partial charge in [0.2, 0.25) is 0 Å².